The summed E-state index contributed by atoms with van der Waals surface area (Å²) >= 11 is 8.70. The first-order valence-electron chi connectivity index (χ1n) is 5.57. The van der Waals surface area contributed by atoms with Crippen molar-refractivity contribution < 1.29 is 4.42 Å². The fourth-order valence-corrected chi connectivity index (χ4v) is 2.45. The first-order valence-corrected chi connectivity index (χ1v) is 6.77. The van der Waals surface area contributed by atoms with Gasteiger partial charge in [-0.2, -0.15) is 0 Å². The number of rotatable bonds is 2. The van der Waals surface area contributed by atoms with Crippen LogP contribution in [0.2, 0.25) is 0 Å². The quantitative estimate of drug-likeness (QED) is 0.633. The maximum Gasteiger partial charge on any atom is 0.269 e. The Labute approximate surface area is 118 Å². The SMILES string of the molecule is S=c1oc2ccccc2n1Cc1ccc(Br)cc1. The zero-order valence-corrected chi connectivity index (χ0v) is 11.9. The lowest BCUT2D eigenvalue weighted by atomic mass is 10.2. The predicted octanol–water partition coefficient (Wildman–Crippen LogP) is 4.77. The van der Waals surface area contributed by atoms with Crippen LogP contribution in [0, 0.1) is 4.84 Å². The van der Waals surface area contributed by atoms with Crippen LogP contribution in [0.5, 0.6) is 0 Å². The van der Waals surface area contributed by atoms with E-state index in [9.17, 15) is 0 Å². The molecule has 0 aliphatic rings. The van der Waals surface area contributed by atoms with Crippen LogP contribution in [0.4, 0.5) is 0 Å². The van der Waals surface area contributed by atoms with Gasteiger partial charge in [0, 0.05) is 4.47 Å². The molecule has 4 heteroatoms. The second kappa shape index (κ2) is 4.71. The molecule has 0 N–H and O–H groups in total. The highest BCUT2D eigenvalue weighted by molar-refractivity contribution is 9.10. The van der Waals surface area contributed by atoms with Crippen molar-refractivity contribution in [1.82, 2.24) is 4.57 Å². The fourth-order valence-electron chi connectivity index (χ4n) is 1.94. The lowest BCUT2D eigenvalue weighted by Crippen LogP contribution is -1.98. The second-order valence-electron chi connectivity index (χ2n) is 4.05. The van der Waals surface area contributed by atoms with Crippen molar-refractivity contribution in [3.63, 3.8) is 0 Å². The zero-order valence-electron chi connectivity index (χ0n) is 9.47. The van der Waals surface area contributed by atoms with Crippen molar-refractivity contribution in [1.29, 1.82) is 0 Å². The molecule has 3 aromatic rings. The Morgan fingerprint density at radius 2 is 1.78 bits per heavy atom. The molecule has 0 aliphatic carbocycles. The molecule has 2 nitrogen and oxygen atoms in total. The highest BCUT2D eigenvalue weighted by atomic mass is 79.9. The number of fused-ring (bicyclic) bond motifs is 1. The van der Waals surface area contributed by atoms with Gasteiger partial charge in [0.25, 0.3) is 4.84 Å². The van der Waals surface area contributed by atoms with E-state index < -0.39 is 0 Å². The van der Waals surface area contributed by atoms with Gasteiger partial charge in [-0.25, -0.2) is 0 Å². The van der Waals surface area contributed by atoms with E-state index in [0.717, 1.165) is 22.1 Å². The average Bonchev–Trinajstić information content (AvgIpc) is 2.69. The third kappa shape index (κ3) is 2.13. The average molecular weight is 320 g/mol. The number of nitrogens with zero attached hydrogens (tertiary/aromatic N) is 1. The van der Waals surface area contributed by atoms with E-state index >= 15 is 0 Å². The van der Waals surface area contributed by atoms with Crippen LogP contribution in [0.1, 0.15) is 5.56 Å². The van der Waals surface area contributed by atoms with Crippen molar-refractivity contribution in [3.8, 4) is 0 Å². The van der Waals surface area contributed by atoms with Crippen LogP contribution < -0.4 is 0 Å². The van der Waals surface area contributed by atoms with Gasteiger partial charge in [-0.15, -0.1) is 0 Å². The summed E-state index contributed by atoms with van der Waals surface area (Å²) in [6, 6.07) is 16.1. The van der Waals surface area contributed by atoms with Crippen LogP contribution in [0.3, 0.4) is 0 Å². The van der Waals surface area contributed by atoms with Gasteiger partial charge in [0.05, 0.1) is 12.1 Å². The van der Waals surface area contributed by atoms with Crippen LogP contribution in [-0.4, -0.2) is 4.57 Å². The van der Waals surface area contributed by atoms with Crippen molar-refractivity contribution in [2.24, 2.45) is 0 Å². The molecule has 90 valence electrons. The van der Waals surface area contributed by atoms with Crippen molar-refractivity contribution in [3.05, 3.63) is 63.4 Å². The van der Waals surface area contributed by atoms with E-state index in [2.05, 4.69) is 28.1 Å². The number of para-hydroxylation sites is 2. The Kier molecular flexibility index (Phi) is 3.06. The predicted molar refractivity (Wildman–Crippen MR) is 78.3 cm³/mol. The molecule has 3 rings (SSSR count). The number of aromatic nitrogens is 1. The third-order valence-electron chi connectivity index (χ3n) is 2.83. The summed E-state index contributed by atoms with van der Waals surface area (Å²) in [5.41, 5.74) is 3.06. The standard InChI is InChI=1S/C14H10BrNOS/c15-11-7-5-10(6-8-11)9-16-12-3-1-2-4-13(12)17-14(16)18/h1-8H,9H2. The molecule has 0 fully saturated rings. The van der Waals surface area contributed by atoms with Gasteiger partial charge >= 0.3 is 0 Å². The molecular formula is C14H10BrNOS. The molecule has 0 amide bonds. The lowest BCUT2D eigenvalue weighted by molar-refractivity contribution is 0.548. The Morgan fingerprint density at radius 3 is 2.56 bits per heavy atom. The Morgan fingerprint density at radius 1 is 1.06 bits per heavy atom. The minimum absolute atomic E-state index is 0.513. The summed E-state index contributed by atoms with van der Waals surface area (Å²) in [4.78, 5) is 0.513. The number of halogens is 1. The fraction of sp³-hybridized carbons (Fsp3) is 0.0714. The normalized spacial score (nSPS) is 10.9. The molecule has 0 unspecified atom stereocenters. The number of benzene rings is 2. The summed E-state index contributed by atoms with van der Waals surface area (Å²) in [7, 11) is 0. The van der Waals surface area contributed by atoms with Gasteiger partial charge < -0.3 is 4.42 Å². The summed E-state index contributed by atoms with van der Waals surface area (Å²) in [6.45, 7) is 0.725. The molecule has 0 saturated carbocycles. The third-order valence-corrected chi connectivity index (χ3v) is 3.66. The van der Waals surface area contributed by atoms with Gasteiger partial charge in [-0.1, -0.05) is 40.2 Å². The first-order chi connectivity index (χ1) is 8.74. The molecule has 0 saturated heterocycles. The topological polar surface area (TPSA) is 18.1 Å². The summed E-state index contributed by atoms with van der Waals surface area (Å²) in [5.74, 6) is 0. The van der Waals surface area contributed by atoms with E-state index in [-0.39, 0.29) is 0 Å². The van der Waals surface area contributed by atoms with Crippen molar-refractivity contribution in [2.45, 2.75) is 6.54 Å². The maximum absolute atomic E-state index is 5.56. The number of hydrogen-bond donors (Lipinski definition) is 0. The smallest absolute Gasteiger partial charge is 0.269 e. The molecule has 0 bridgehead atoms. The Bertz CT molecular complexity index is 742. The Hall–Kier alpha value is -1.39. The van der Waals surface area contributed by atoms with E-state index in [1.54, 1.807) is 0 Å². The minimum atomic E-state index is 0.513. The van der Waals surface area contributed by atoms with Crippen LogP contribution in [0.25, 0.3) is 11.1 Å². The van der Waals surface area contributed by atoms with E-state index in [1.165, 1.54) is 5.56 Å². The van der Waals surface area contributed by atoms with E-state index in [0.29, 0.717) is 4.84 Å². The Balaban J connectivity index is 2.07. The highest BCUT2D eigenvalue weighted by Crippen LogP contribution is 2.19. The molecule has 2 aromatic carbocycles. The lowest BCUT2D eigenvalue weighted by Gasteiger charge is -2.03. The maximum atomic E-state index is 5.56. The van der Waals surface area contributed by atoms with Gasteiger partial charge in [0.1, 0.15) is 0 Å². The van der Waals surface area contributed by atoms with Crippen LogP contribution >= 0.6 is 28.1 Å². The monoisotopic (exact) mass is 319 g/mol. The molecule has 0 spiro atoms. The second-order valence-corrected chi connectivity index (χ2v) is 5.31. The summed E-state index contributed by atoms with van der Waals surface area (Å²) in [6.07, 6.45) is 0. The highest BCUT2D eigenvalue weighted by Gasteiger charge is 2.06. The molecular weight excluding hydrogens is 310 g/mol. The van der Waals surface area contributed by atoms with Gasteiger partial charge in [-0.05, 0) is 42.0 Å². The zero-order chi connectivity index (χ0) is 12.5. The summed E-state index contributed by atoms with van der Waals surface area (Å²) in [5, 5.41) is 0. The molecule has 1 heterocycles. The molecule has 1 aromatic heterocycles. The molecule has 0 atom stereocenters. The van der Waals surface area contributed by atoms with Gasteiger partial charge in [-0.3, -0.25) is 4.57 Å². The molecule has 18 heavy (non-hydrogen) atoms. The van der Waals surface area contributed by atoms with Crippen LogP contribution in [0.15, 0.2) is 57.4 Å². The first kappa shape index (κ1) is 11.7. The van der Waals surface area contributed by atoms with E-state index in [4.69, 9.17) is 16.6 Å². The minimum Gasteiger partial charge on any atom is -0.429 e. The van der Waals surface area contributed by atoms with E-state index in [1.807, 2.05) is 41.0 Å². The number of oxazole rings is 1. The summed E-state index contributed by atoms with van der Waals surface area (Å²) < 4.78 is 8.65. The van der Waals surface area contributed by atoms with Crippen LogP contribution in [-0.2, 0) is 6.54 Å². The van der Waals surface area contributed by atoms with Crippen molar-refractivity contribution >= 4 is 39.2 Å². The van der Waals surface area contributed by atoms with Crippen molar-refractivity contribution in [2.75, 3.05) is 0 Å². The van der Waals surface area contributed by atoms with Gasteiger partial charge in [0.2, 0.25) is 0 Å². The van der Waals surface area contributed by atoms with Gasteiger partial charge in [0.15, 0.2) is 5.58 Å². The number of hydrogen-bond acceptors (Lipinski definition) is 2. The molecule has 0 radical (unpaired) electrons. The molecule has 0 aliphatic heterocycles. The largest absolute Gasteiger partial charge is 0.429 e.